The first kappa shape index (κ1) is 27.5. The van der Waals surface area contributed by atoms with Crippen molar-refractivity contribution in [2.24, 2.45) is 5.92 Å². The number of amides is 2. The zero-order valence-corrected chi connectivity index (χ0v) is 22.8. The number of methoxy groups -OCH3 is 1. The highest BCUT2D eigenvalue weighted by Gasteiger charge is 2.16. The number of aromatic amines is 1. The third kappa shape index (κ3) is 7.29. The Balaban J connectivity index is 1.48. The molecule has 0 unspecified atom stereocenters. The highest BCUT2D eigenvalue weighted by molar-refractivity contribution is 6.05. The molecule has 0 radical (unpaired) electrons. The van der Waals surface area contributed by atoms with Gasteiger partial charge < -0.3 is 25.1 Å². The Kier molecular flexibility index (Phi) is 9.05. The van der Waals surface area contributed by atoms with E-state index in [1.54, 1.807) is 49.6 Å². The average Bonchev–Trinajstić information content (AvgIpc) is 3.26. The molecule has 0 aliphatic rings. The van der Waals surface area contributed by atoms with E-state index in [1.807, 2.05) is 37.3 Å². The molecule has 39 heavy (non-hydrogen) atoms. The van der Waals surface area contributed by atoms with Crippen molar-refractivity contribution < 1.29 is 19.1 Å². The quantitative estimate of drug-likeness (QED) is 0.221. The molecule has 0 atom stereocenters. The van der Waals surface area contributed by atoms with Crippen molar-refractivity contribution in [2.75, 3.05) is 20.3 Å². The third-order valence-electron chi connectivity index (χ3n) is 6.31. The lowest BCUT2D eigenvalue weighted by Crippen LogP contribution is -2.35. The number of fused-ring (bicyclic) bond motifs is 1. The first-order chi connectivity index (χ1) is 18.8. The van der Waals surface area contributed by atoms with Gasteiger partial charge in [0.15, 0.2) is 0 Å². The van der Waals surface area contributed by atoms with Gasteiger partial charge in [-0.2, -0.15) is 0 Å². The largest absolute Gasteiger partial charge is 0.497 e. The molecule has 0 spiro atoms. The summed E-state index contributed by atoms with van der Waals surface area (Å²) in [5, 5.41) is 6.91. The smallest absolute Gasteiger partial charge is 0.267 e. The maximum absolute atomic E-state index is 13.3. The second-order valence-corrected chi connectivity index (χ2v) is 9.79. The molecule has 1 aromatic heterocycles. The van der Waals surface area contributed by atoms with Gasteiger partial charge in [-0.05, 0) is 78.9 Å². The maximum atomic E-state index is 13.3. The van der Waals surface area contributed by atoms with Crippen LogP contribution in [0, 0.1) is 12.8 Å². The van der Waals surface area contributed by atoms with E-state index in [2.05, 4.69) is 35.5 Å². The highest BCUT2D eigenvalue weighted by Crippen LogP contribution is 2.22. The zero-order valence-electron chi connectivity index (χ0n) is 22.8. The van der Waals surface area contributed by atoms with Gasteiger partial charge in [0.1, 0.15) is 17.2 Å². The average molecular weight is 526 g/mol. The van der Waals surface area contributed by atoms with Gasteiger partial charge in [-0.15, -0.1) is 0 Å². The number of ether oxygens (including phenoxy) is 2. The van der Waals surface area contributed by atoms with Crippen molar-refractivity contribution >= 4 is 28.8 Å². The van der Waals surface area contributed by atoms with E-state index in [1.165, 1.54) is 0 Å². The second-order valence-electron chi connectivity index (χ2n) is 9.79. The second kappa shape index (κ2) is 12.8. The molecule has 3 aromatic carbocycles. The van der Waals surface area contributed by atoms with Crippen LogP contribution in [0.1, 0.15) is 41.0 Å². The van der Waals surface area contributed by atoms with Gasteiger partial charge in [-0.1, -0.05) is 44.2 Å². The van der Waals surface area contributed by atoms with Crippen molar-refractivity contribution in [1.29, 1.82) is 0 Å². The molecule has 3 N–H and O–H groups in total. The summed E-state index contributed by atoms with van der Waals surface area (Å²) in [6.45, 7) is 7.19. The van der Waals surface area contributed by atoms with E-state index in [9.17, 15) is 9.59 Å². The number of aromatic nitrogens is 1. The predicted molar refractivity (Wildman–Crippen MR) is 155 cm³/mol. The predicted octanol–water partition coefficient (Wildman–Crippen LogP) is 5.65. The SMILES string of the molecule is COc1ccc(/C=C(\NC(=O)c2ccc(OCC(C)C)cc2)C(=O)NCCc2c(C)[nH]c3ccccc23)cc1. The number of hydrogen-bond acceptors (Lipinski definition) is 4. The lowest BCUT2D eigenvalue weighted by Gasteiger charge is -2.12. The third-order valence-corrected chi connectivity index (χ3v) is 6.31. The van der Waals surface area contributed by atoms with Gasteiger partial charge in [-0.3, -0.25) is 9.59 Å². The standard InChI is InChI=1S/C32H35N3O4/c1-21(2)20-39-26-15-11-24(12-16-26)31(36)35-30(19-23-9-13-25(38-4)14-10-23)32(37)33-18-17-27-22(3)34-29-8-6-5-7-28(27)29/h5-16,19,21,34H,17-18,20H2,1-4H3,(H,33,37)(H,35,36)/b30-19-. The molecule has 0 fully saturated rings. The van der Waals surface area contributed by atoms with Crippen LogP contribution in [-0.4, -0.2) is 37.1 Å². The van der Waals surface area contributed by atoms with Crippen molar-refractivity contribution in [3.8, 4) is 11.5 Å². The van der Waals surface area contributed by atoms with Crippen molar-refractivity contribution in [1.82, 2.24) is 15.6 Å². The van der Waals surface area contributed by atoms with E-state index in [-0.39, 0.29) is 17.5 Å². The maximum Gasteiger partial charge on any atom is 0.267 e. The number of benzene rings is 3. The summed E-state index contributed by atoms with van der Waals surface area (Å²) in [5.74, 6) is 1.05. The van der Waals surface area contributed by atoms with Gasteiger partial charge in [-0.25, -0.2) is 0 Å². The van der Waals surface area contributed by atoms with Crippen molar-refractivity contribution in [3.05, 3.63) is 101 Å². The van der Waals surface area contributed by atoms with E-state index in [0.29, 0.717) is 42.6 Å². The van der Waals surface area contributed by atoms with Crippen LogP contribution in [0.3, 0.4) is 0 Å². The van der Waals surface area contributed by atoms with Crippen LogP contribution in [0.2, 0.25) is 0 Å². The first-order valence-corrected chi connectivity index (χ1v) is 13.1. The summed E-state index contributed by atoms with van der Waals surface area (Å²) < 4.78 is 10.9. The molecule has 4 aromatic rings. The minimum Gasteiger partial charge on any atom is -0.497 e. The van der Waals surface area contributed by atoms with Crippen molar-refractivity contribution in [2.45, 2.75) is 27.2 Å². The van der Waals surface area contributed by atoms with E-state index >= 15 is 0 Å². The van der Waals surface area contributed by atoms with Crippen LogP contribution in [0.4, 0.5) is 0 Å². The number of H-pyrrole nitrogens is 1. The molecule has 202 valence electrons. The molecule has 4 rings (SSSR count). The zero-order chi connectivity index (χ0) is 27.8. The van der Waals surface area contributed by atoms with E-state index < -0.39 is 0 Å². The Labute approximate surface area is 229 Å². The molecule has 7 nitrogen and oxygen atoms in total. The molecule has 2 amide bonds. The number of nitrogens with one attached hydrogen (secondary N) is 3. The number of rotatable bonds is 11. The monoisotopic (exact) mass is 525 g/mol. The summed E-state index contributed by atoms with van der Waals surface area (Å²) in [6.07, 6.45) is 2.31. The number of carbonyl (C=O) groups excluding carboxylic acids is 2. The molecule has 0 saturated heterocycles. The minimum absolute atomic E-state index is 0.154. The summed E-state index contributed by atoms with van der Waals surface area (Å²) in [5.41, 5.74) is 4.65. The van der Waals surface area contributed by atoms with Crippen LogP contribution in [0.5, 0.6) is 11.5 Å². The van der Waals surface area contributed by atoms with Gasteiger partial charge >= 0.3 is 0 Å². The van der Waals surface area contributed by atoms with Gasteiger partial charge in [0, 0.05) is 28.7 Å². The fourth-order valence-corrected chi connectivity index (χ4v) is 4.24. The van der Waals surface area contributed by atoms with Crippen molar-refractivity contribution in [3.63, 3.8) is 0 Å². The molecular weight excluding hydrogens is 490 g/mol. The number of hydrogen-bond donors (Lipinski definition) is 3. The summed E-state index contributed by atoms with van der Waals surface area (Å²) in [4.78, 5) is 29.7. The first-order valence-electron chi connectivity index (χ1n) is 13.1. The van der Waals surface area contributed by atoms with Crippen LogP contribution in [-0.2, 0) is 11.2 Å². The Morgan fingerprint density at radius 1 is 0.949 bits per heavy atom. The number of carbonyl (C=O) groups is 2. The number of aryl methyl sites for hydroxylation is 1. The topological polar surface area (TPSA) is 92.4 Å². The molecule has 0 aliphatic carbocycles. The Bertz CT molecular complexity index is 1450. The van der Waals surface area contributed by atoms with Gasteiger partial charge in [0.2, 0.25) is 0 Å². The Hall–Kier alpha value is -4.52. The van der Waals surface area contributed by atoms with Gasteiger partial charge in [0.05, 0.1) is 13.7 Å². The molecule has 1 heterocycles. The molecular formula is C32H35N3O4. The molecule has 7 heteroatoms. The lowest BCUT2D eigenvalue weighted by molar-refractivity contribution is -0.117. The minimum atomic E-state index is -0.382. The van der Waals surface area contributed by atoms with E-state index in [4.69, 9.17) is 9.47 Å². The molecule has 0 aliphatic heterocycles. The van der Waals surface area contributed by atoms with Crippen LogP contribution < -0.4 is 20.1 Å². The van der Waals surface area contributed by atoms with Crippen LogP contribution >= 0.6 is 0 Å². The Morgan fingerprint density at radius 2 is 1.64 bits per heavy atom. The lowest BCUT2D eigenvalue weighted by atomic mass is 10.1. The normalized spacial score (nSPS) is 11.5. The highest BCUT2D eigenvalue weighted by atomic mass is 16.5. The summed E-state index contributed by atoms with van der Waals surface area (Å²) in [7, 11) is 1.60. The van der Waals surface area contributed by atoms with Crippen LogP contribution in [0.15, 0.2) is 78.5 Å². The number of para-hydroxylation sites is 1. The Morgan fingerprint density at radius 3 is 2.33 bits per heavy atom. The van der Waals surface area contributed by atoms with E-state index in [0.717, 1.165) is 27.7 Å². The summed E-state index contributed by atoms with van der Waals surface area (Å²) in [6, 6.07) is 22.3. The van der Waals surface area contributed by atoms with Crippen LogP contribution in [0.25, 0.3) is 17.0 Å². The van der Waals surface area contributed by atoms with Gasteiger partial charge in [0.25, 0.3) is 11.8 Å². The fraction of sp³-hybridized carbons (Fsp3) is 0.250. The summed E-state index contributed by atoms with van der Waals surface area (Å²) >= 11 is 0. The molecule has 0 bridgehead atoms. The molecule has 0 saturated carbocycles. The fourth-order valence-electron chi connectivity index (χ4n) is 4.24.